The summed E-state index contributed by atoms with van der Waals surface area (Å²) in [6.07, 6.45) is 3.34. The van der Waals surface area contributed by atoms with Crippen LogP contribution in [0.1, 0.15) is 24.2 Å². The van der Waals surface area contributed by atoms with Gasteiger partial charge in [-0.2, -0.15) is 10.2 Å². The highest BCUT2D eigenvalue weighted by Gasteiger charge is 2.24. The van der Waals surface area contributed by atoms with E-state index in [4.69, 9.17) is 0 Å². The molecule has 9 heteroatoms. The molecule has 4 aromatic rings. The number of aryl methyl sites for hydroxylation is 1. The summed E-state index contributed by atoms with van der Waals surface area (Å²) in [6.45, 7) is 6.03. The summed E-state index contributed by atoms with van der Waals surface area (Å²) in [7, 11) is 1.73. The second-order valence-electron chi connectivity index (χ2n) is 8.45. The normalized spacial score (nSPS) is 18.9. The van der Waals surface area contributed by atoms with E-state index in [0.29, 0.717) is 34.2 Å². The number of amides is 1. The van der Waals surface area contributed by atoms with Gasteiger partial charge < -0.3 is 15.5 Å². The van der Waals surface area contributed by atoms with E-state index in [-0.39, 0.29) is 11.4 Å². The molecule has 164 valence electrons. The van der Waals surface area contributed by atoms with Crippen LogP contribution in [0.2, 0.25) is 0 Å². The lowest BCUT2D eigenvalue weighted by Crippen LogP contribution is -2.54. The van der Waals surface area contributed by atoms with Gasteiger partial charge in [-0.05, 0) is 44.2 Å². The topological polar surface area (TPSA) is 88.0 Å². The number of fused-ring (bicyclic) bond motifs is 2. The Morgan fingerprint density at radius 1 is 1.16 bits per heavy atom. The Morgan fingerprint density at radius 2 is 1.94 bits per heavy atom. The molecule has 1 aliphatic heterocycles. The first kappa shape index (κ1) is 20.3. The fraction of sp³-hybridized carbons (Fsp3) is 0.304. The Morgan fingerprint density at radius 3 is 2.72 bits per heavy atom. The molecule has 2 N–H and O–H groups in total. The van der Waals surface area contributed by atoms with Crippen molar-refractivity contribution in [2.45, 2.75) is 25.9 Å². The van der Waals surface area contributed by atoms with Crippen LogP contribution >= 0.6 is 0 Å². The van der Waals surface area contributed by atoms with Gasteiger partial charge in [-0.25, -0.2) is 4.39 Å². The molecule has 1 aliphatic rings. The molecule has 0 spiro atoms. The Bertz CT molecular complexity index is 1320. The molecule has 32 heavy (non-hydrogen) atoms. The Labute approximate surface area is 184 Å². The molecule has 5 rings (SSSR count). The lowest BCUT2D eigenvalue weighted by atomic mass is 10.0. The number of halogens is 1. The van der Waals surface area contributed by atoms with Crippen LogP contribution in [-0.4, -0.2) is 51.1 Å². The zero-order chi connectivity index (χ0) is 22.4. The Hall–Kier alpha value is -3.59. The molecule has 2 aromatic carbocycles. The van der Waals surface area contributed by atoms with Crippen LogP contribution in [0.25, 0.3) is 21.8 Å². The molecule has 0 saturated carbocycles. The zero-order valence-electron chi connectivity index (χ0n) is 18.1. The van der Waals surface area contributed by atoms with Crippen molar-refractivity contribution in [2.75, 3.05) is 23.3 Å². The molecule has 1 saturated heterocycles. The first-order chi connectivity index (χ1) is 15.4. The summed E-state index contributed by atoms with van der Waals surface area (Å²) < 4.78 is 16.0. The first-order valence-electron chi connectivity index (χ1n) is 10.6. The van der Waals surface area contributed by atoms with E-state index < -0.39 is 5.82 Å². The molecule has 8 nitrogen and oxygen atoms in total. The van der Waals surface area contributed by atoms with Gasteiger partial charge in [0.15, 0.2) is 5.82 Å². The lowest BCUT2D eigenvalue weighted by Gasteiger charge is -2.38. The van der Waals surface area contributed by atoms with E-state index in [0.717, 1.165) is 24.2 Å². The number of anilines is 2. The standard InChI is InChI=1S/C23H24FN7O/c1-13-10-31(11-14(2)26-13)20-5-4-18(22-17(20)6-7-25-28-22)23(32)27-16-8-15-12-30(3)29-21(15)19(24)9-16/h4-9,12-14,26H,10-11H2,1-3H3,(H,27,32)/t13-,14+. The highest BCUT2D eigenvalue weighted by Crippen LogP contribution is 2.30. The van der Waals surface area contributed by atoms with Gasteiger partial charge in [0.25, 0.3) is 5.91 Å². The highest BCUT2D eigenvalue weighted by atomic mass is 19.1. The van der Waals surface area contributed by atoms with Gasteiger partial charge >= 0.3 is 0 Å². The monoisotopic (exact) mass is 433 g/mol. The Balaban J connectivity index is 1.50. The molecule has 1 amide bonds. The largest absolute Gasteiger partial charge is 0.368 e. The highest BCUT2D eigenvalue weighted by molar-refractivity contribution is 6.14. The number of carbonyl (C=O) groups is 1. The quantitative estimate of drug-likeness (QED) is 0.516. The van der Waals surface area contributed by atoms with Gasteiger partial charge in [-0.15, -0.1) is 5.10 Å². The fourth-order valence-electron chi connectivity index (χ4n) is 4.53. The molecular weight excluding hydrogens is 409 g/mol. The molecule has 0 bridgehead atoms. The van der Waals surface area contributed by atoms with Crippen LogP contribution in [0.5, 0.6) is 0 Å². The average molecular weight is 433 g/mol. The molecule has 2 aromatic heterocycles. The van der Waals surface area contributed by atoms with Gasteiger partial charge in [-0.3, -0.25) is 9.48 Å². The minimum absolute atomic E-state index is 0.269. The number of carbonyl (C=O) groups excluding carboxylic acids is 1. The van der Waals surface area contributed by atoms with E-state index in [1.165, 1.54) is 6.07 Å². The number of benzene rings is 2. The van der Waals surface area contributed by atoms with E-state index in [1.54, 1.807) is 36.3 Å². The first-order valence-corrected chi connectivity index (χ1v) is 10.6. The van der Waals surface area contributed by atoms with Crippen molar-refractivity contribution >= 4 is 39.1 Å². The molecular formula is C23H24FN7O. The van der Waals surface area contributed by atoms with Gasteiger partial charge in [-0.1, -0.05) is 0 Å². The third-order valence-electron chi connectivity index (χ3n) is 5.74. The molecule has 0 radical (unpaired) electrons. The average Bonchev–Trinajstić information content (AvgIpc) is 3.13. The molecule has 3 heterocycles. The van der Waals surface area contributed by atoms with Gasteiger partial charge in [0.05, 0.1) is 11.8 Å². The van der Waals surface area contributed by atoms with E-state index in [9.17, 15) is 9.18 Å². The number of nitrogens with one attached hydrogen (secondary N) is 2. The predicted octanol–water partition coefficient (Wildman–Crippen LogP) is 3.09. The van der Waals surface area contributed by atoms with Crippen LogP contribution < -0.4 is 15.5 Å². The van der Waals surface area contributed by atoms with Crippen molar-refractivity contribution < 1.29 is 9.18 Å². The summed E-state index contributed by atoms with van der Waals surface area (Å²) in [5.74, 6) is -0.855. The van der Waals surface area contributed by atoms with Crippen molar-refractivity contribution in [3.05, 3.63) is 54.1 Å². The van der Waals surface area contributed by atoms with Crippen LogP contribution in [0.15, 0.2) is 42.7 Å². The fourth-order valence-corrected chi connectivity index (χ4v) is 4.53. The van der Waals surface area contributed by atoms with Crippen molar-refractivity contribution in [1.82, 2.24) is 25.3 Å². The molecule has 0 aliphatic carbocycles. The maximum atomic E-state index is 14.4. The SMILES string of the molecule is C[C@@H]1CN(c2ccc(C(=O)Nc3cc(F)c4nn(C)cc4c3)c3nnccc23)C[C@H](C)N1. The number of aromatic nitrogens is 4. The Kier molecular flexibility index (Phi) is 4.97. The third-order valence-corrected chi connectivity index (χ3v) is 5.74. The maximum absolute atomic E-state index is 14.4. The summed E-state index contributed by atoms with van der Waals surface area (Å²) in [5.41, 5.74) is 2.56. The summed E-state index contributed by atoms with van der Waals surface area (Å²) in [4.78, 5) is 15.4. The number of rotatable bonds is 3. The second kappa shape index (κ2) is 7.83. The number of hydrogen-bond donors (Lipinski definition) is 2. The summed E-state index contributed by atoms with van der Waals surface area (Å²) >= 11 is 0. The molecule has 1 fully saturated rings. The summed E-state index contributed by atoms with van der Waals surface area (Å²) in [6, 6.07) is 9.28. The van der Waals surface area contributed by atoms with Crippen molar-refractivity contribution in [3.63, 3.8) is 0 Å². The van der Waals surface area contributed by atoms with Gasteiger partial charge in [0.1, 0.15) is 11.0 Å². The van der Waals surface area contributed by atoms with Crippen LogP contribution in [0.4, 0.5) is 15.8 Å². The minimum atomic E-state index is -0.486. The lowest BCUT2D eigenvalue weighted by molar-refractivity contribution is 0.102. The molecule has 2 atom stereocenters. The van der Waals surface area contributed by atoms with Crippen molar-refractivity contribution in [2.24, 2.45) is 7.05 Å². The minimum Gasteiger partial charge on any atom is -0.368 e. The second-order valence-corrected chi connectivity index (χ2v) is 8.45. The van der Waals surface area contributed by atoms with E-state index >= 15 is 0 Å². The summed E-state index contributed by atoms with van der Waals surface area (Å²) in [5, 5.41) is 20.2. The van der Waals surface area contributed by atoms with E-state index in [1.807, 2.05) is 12.1 Å². The van der Waals surface area contributed by atoms with E-state index in [2.05, 4.69) is 44.7 Å². The predicted molar refractivity (Wildman–Crippen MR) is 122 cm³/mol. The maximum Gasteiger partial charge on any atom is 0.257 e. The molecule has 0 unspecified atom stereocenters. The zero-order valence-corrected chi connectivity index (χ0v) is 18.1. The number of piperazine rings is 1. The van der Waals surface area contributed by atoms with Gasteiger partial charge in [0, 0.05) is 60.6 Å². The number of hydrogen-bond acceptors (Lipinski definition) is 6. The van der Waals surface area contributed by atoms with Crippen LogP contribution in [-0.2, 0) is 7.05 Å². The van der Waals surface area contributed by atoms with Crippen molar-refractivity contribution in [1.29, 1.82) is 0 Å². The smallest absolute Gasteiger partial charge is 0.257 e. The van der Waals surface area contributed by atoms with Crippen LogP contribution in [0.3, 0.4) is 0 Å². The third kappa shape index (κ3) is 3.64. The van der Waals surface area contributed by atoms with Crippen molar-refractivity contribution in [3.8, 4) is 0 Å². The van der Waals surface area contributed by atoms with Crippen LogP contribution in [0, 0.1) is 5.82 Å². The van der Waals surface area contributed by atoms with Gasteiger partial charge in [0.2, 0.25) is 0 Å². The number of nitrogens with zero attached hydrogens (tertiary/aromatic N) is 5.